The summed E-state index contributed by atoms with van der Waals surface area (Å²) in [6.45, 7) is 2.25. The summed E-state index contributed by atoms with van der Waals surface area (Å²) in [6, 6.07) is 9.60. The molecule has 1 aromatic heterocycles. The molecule has 1 fully saturated rings. The lowest BCUT2D eigenvalue weighted by Gasteiger charge is -2.37. The molecular weight excluding hydrogens is 318 g/mol. The van der Waals surface area contributed by atoms with Crippen molar-refractivity contribution >= 4 is 5.91 Å². The van der Waals surface area contributed by atoms with E-state index in [0.717, 1.165) is 18.7 Å². The average Bonchev–Trinajstić information content (AvgIpc) is 3.11. The van der Waals surface area contributed by atoms with Gasteiger partial charge in [-0.3, -0.25) is 4.79 Å². The molecule has 1 saturated heterocycles. The van der Waals surface area contributed by atoms with Gasteiger partial charge in [0.2, 0.25) is 0 Å². The van der Waals surface area contributed by atoms with Gasteiger partial charge in [-0.05, 0) is 44.5 Å². The van der Waals surface area contributed by atoms with Crippen LogP contribution in [0.5, 0.6) is 0 Å². The quantitative estimate of drug-likeness (QED) is 0.873. The predicted molar refractivity (Wildman–Crippen MR) is 94.5 cm³/mol. The summed E-state index contributed by atoms with van der Waals surface area (Å²) in [6.07, 6.45) is 2.61. The van der Waals surface area contributed by atoms with Crippen LogP contribution < -0.4 is 0 Å². The number of para-hydroxylation sites is 1. The van der Waals surface area contributed by atoms with Crippen LogP contribution in [0.2, 0.25) is 0 Å². The van der Waals surface area contributed by atoms with Crippen molar-refractivity contribution in [1.29, 1.82) is 0 Å². The molecule has 0 bridgehead atoms. The van der Waals surface area contributed by atoms with E-state index in [1.54, 1.807) is 15.8 Å². The number of aliphatic hydroxyl groups excluding tert-OH is 1. The van der Waals surface area contributed by atoms with Crippen molar-refractivity contribution in [1.82, 2.24) is 24.8 Å². The molecule has 2 aromatic rings. The highest BCUT2D eigenvalue weighted by Crippen LogP contribution is 2.23. The molecule has 0 aliphatic carbocycles. The SMILES string of the molecule is CN(C)C[C@@H]1C[C@@H](CO)CN(C(=O)c2cn(-c3ccccc3)nn2)C1. The Morgan fingerprint density at radius 1 is 1.24 bits per heavy atom. The van der Waals surface area contributed by atoms with E-state index in [1.165, 1.54) is 0 Å². The monoisotopic (exact) mass is 343 g/mol. The molecule has 0 unspecified atom stereocenters. The zero-order valence-corrected chi connectivity index (χ0v) is 14.7. The number of aromatic nitrogens is 3. The van der Waals surface area contributed by atoms with Gasteiger partial charge in [-0.2, -0.15) is 0 Å². The fourth-order valence-corrected chi connectivity index (χ4v) is 3.50. The van der Waals surface area contributed by atoms with E-state index in [0.29, 0.717) is 24.7 Å². The first-order valence-electron chi connectivity index (χ1n) is 8.59. The van der Waals surface area contributed by atoms with Crippen molar-refractivity contribution in [2.75, 3.05) is 40.3 Å². The van der Waals surface area contributed by atoms with Gasteiger partial charge in [-0.15, -0.1) is 5.10 Å². The number of likely N-dealkylation sites (tertiary alicyclic amines) is 1. The molecule has 1 N–H and O–H groups in total. The second kappa shape index (κ2) is 7.76. The summed E-state index contributed by atoms with van der Waals surface area (Å²) in [5.74, 6) is 0.352. The van der Waals surface area contributed by atoms with E-state index in [-0.39, 0.29) is 18.4 Å². The Bertz CT molecular complexity index is 701. The molecule has 1 aromatic carbocycles. The van der Waals surface area contributed by atoms with Gasteiger partial charge in [-0.1, -0.05) is 23.4 Å². The third-order valence-corrected chi connectivity index (χ3v) is 4.53. The van der Waals surface area contributed by atoms with Crippen LogP contribution in [-0.2, 0) is 0 Å². The first-order chi connectivity index (χ1) is 12.1. The summed E-state index contributed by atoms with van der Waals surface area (Å²) in [5, 5.41) is 17.7. The van der Waals surface area contributed by atoms with Crippen molar-refractivity contribution in [2.45, 2.75) is 6.42 Å². The zero-order chi connectivity index (χ0) is 17.8. The minimum Gasteiger partial charge on any atom is -0.396 e. The number of benzene rings is 1. The summed E-state index contributed by atoms with van der Waals surface area (Å²) in [5.41, 5.74) is 1.21. The summed E-state index contributed by atoms with van der Waals surface area (Å²) in [4.78, 5) is 16.8. The van der Waals surface area contributed by atoms with E-state index in [2.05, 4.69) is 15.2 Å². The molecule has 7 heteroatoms. The molecule has 134 valence electrons. The Hall–Kier alpha value is -2.25. The molecule has 7 nitrogen and oxygen atoms in total. The highest BCUT2D eigenvalue weighted by atomic mass is 16.3. The standard InChI is InChI=1S/C18H25N5O2/c1-21(2)9-14-8-15(13-24)11-22(10-14)18(25)17-12-23(20-19-17)16-6-4-3-5-7-16/h3-7,12,14-15,24H,8-11,13H2,1-2H3/t14-,15+/m0/s1. The number of amides is 1. The van der Waals surface area contributed by atoms with Crippen molar-refractivity contribution in [3.8, 4) is 5.69 Å². The molecule has 1 amide bonds. The molecule has 0 radical (unpaired) electrons. The van der Waals surface area contributed by atoms with Crippen LogP contribution in [0.15, 0.2) is 36.5 Å². The highest BCUT2D eigenvalue weighted by Gasteiger charge is 2.31. The predicted octanol–water partition coefficient (Wildman–Crippen LogP) is 0.899. The van der Waals surface area contributed by atoms with Gasteiger partial charge in [0.1, 0.15) is 0 Å². The van der Waals surface area contributed by atoms with Gasteiger partial charge in [0.05, 0.1) is 11.9 Å². The number of hydrogen-bond acceptors (Lipinski definition) is 5. The minimum absolute atomic E-state index is 0.102. The zero-order valence-electron chi connectivity index (χ0n) is 14.7. The smallest absolute Gasteiger partial charge is 0.276 e. The lowest BCUT2D eigenvalue weighted by molar-refractivity contribution is 0.0472. The maximum atomic E-state index is 12.9. The molecule has 1 aliphatic heterocycles. The van der Waals surface area contributed by atoms with Crippen LogP contribution >= 0.6 is 0 Å². The first kappa shape index (κ1) is 17.6. The summed E-state index contributed by atoms with van der Waals surface area (Å²) < 4.78 is 1.61. The van der Waals surface area contributed by atoms with Crippen molar-refractivity contribution in [2.24, 2.45) is 11.8 Å². The van der Waals surface area contributed by atoms with E-state index in [1.807, 2.05) is 44.4 Å². The van der Waals surface area contributed by atoms with E-state index in [9.17, 15) is 9.90 Å². The molecule has 1 aliphatic rings. The Morgan fingerprint density at radius 3 is 2.64 bits per heavy atom. The average molecular weight is 343 g/mol. The maximum Gasteiger partial charge on any atom is 0.276 e. The van der Waals surface area contributed by atoms with Crippen molar-refractivity contribution in [3.05, 3.63) is 42.2 Å². The van der Waals surface area contributed by atoms with E-state index in [4.69, 9.17) is 0 Å². The Labute approximate surface area is 147 Å². The van der Waals surface area contributed by atoms with Gasteiger partial charge in [0, 0.05) is 26.2 Å². The lowest BCUT2D eigenvalue weighted by Crippen LogP contribution is -2.47. The molecule has 3 rings (SSSR count). The van der Waals surface area contributed by atoms with Crippen molar-refractivity contribution in [3.63, 3.8) is 0 Å². The van der Waals surface area contributed by atoms with Gasteiger partial charge in [0.25, 0.3) is 5.91 Å². The molecule has 2 atom stereocenters. The second-order valence-corrected chi connectivity index (χ2v) is 7.01. The molecule has 0 saturated carbocycles. The van der Waals surface area contributed by atoms with E-state index >= 15 is 0 Å². The van der Waals surface area contributed by atoms with Crippen LogP contribution in [0.1, 0.15) is 16.9 Å². The number of aliphatic hydroxyl groups is 1. The summed E-state index contributed by atoms with van der Waals surface area (Å²) >= 11 is 0. The molecule has 0 spiro atoms. The highest BCUT2D eigenvalue weighted by molar-refractivity contribution is 5.92. The van der Waals surface area contributed by atoms with Gasteiger partial charge in [-0.25, -0.2) is 4.68 Å². The Morgan fingerprint density at radius 2 is 1.96 bits per heavy atom. The fraction of sp³-hybridized carbons (Fsp3) is 0.500. The molecule has 2 heterocycles. The third kappa shape index (κ3) is 4.24. The van der Waals surface area contributed by atoms with E-state index < -0.39 is 0 Å². The van der Waals surface area contributed by atoms with Crippen LogP contribution in [-0.4, -0.2) is 76.1 Å². The normalized spacial score (nSPS) is 20.9. The minimum atomic E-state index is -0.121. The molecular formula is C18H25N5O2. The Kier molecular flexibility index (Phi) is 5.45. The van der Waals surface area contributed by atoms with Crippen LogP contribution in [0.25, 0.3) is 5.69 Å². The number of hydrogen-bond donors (Lipinski definition) is 1. The first-order valence-corrected chi connectivity index (χ1v) is 8.59. The second-order valence-electron chi connectivity index (χ2n) is 7.01. The number of piperidine rings is 1. The van der Waals surface area contributed by atoms with Gasteiger partial charge in [0.15, 0.2) is 5.69 Å². The summed E-state index contributed by atoms with van der Waals surface area (Å²) in [7, 11) is 4.06. The maximum absolute atomic E-state index is 12.9. The lowest BCUT2D eigenvalue weighted by atomic mass is 9.89. The van der Waals surface area contributed by atoms with Gasteiger partial charge >= 0.3 is 0 Å². The molecule has 25 heavy (non-hydrogen) atoms. The Balaban J connectivity index is 1.74. The van der Waals surface area contributed by atoms with Crippen LogP contribution in [0.4, 0.5) is 0 Å². The van der Waals surface area contributed by atoms with Gasteiger partial charge < -0.3 is 14.9 Å². The number of rotatable bonds is 5. The van der Waals surface area contributed by atoms with Crippen molar-refractivity contribution < 1.29 is 9.90 Å². The van der Waals surface area contributed by atoms with Crippen LogP contribution in [0.3, 0.4) is 0 Å². The number of carbonyl (C=O) groups is 1. The number of nitrogens with zero attached hydrogens (tertiary/aromatic N) is 5. The fourth-order valence-electron chi connectivity index (χ4n) is 3.50. The largest absolute Gasteiger partial charge is 0.396 e. The third-order valence-electron chi connectivity index (χ3n) is 4.53. The topological polar surface area (TPSA) is 74.5 Å². The van der Waals surface area contributed by atoms with Crippen LogP contribution in [0, 0.1) is 11.8 Å². The number of carbonyl (C=O) groups excluding carboxylic acids is 1.